The molecule has 0 saturated carbocycles. The van der Waals surface area contributed by atoms with Gasteiger partial charge in [-0.2, -0.15) is 0 Å². The van der Waals surface area contributed by atoms with Crippen molar-refractivity contribution in [2.24, 2.45) is 5.92 Å². The van der Waals surface area contributed by atoms with E-state index >= 15 is 0 Å². The highest BCUT2D eigenvalue weighted by Crippen LogP contribution is 2.24. The van der Waals surface area contributed by atoms with Crippen LogP contribution < -0.4 is 10.5 Å². The van der Waals surface area contributed by atoms with E-state index in [0.717, 1.165) is 0 Å². The zero-order chi connectivity index (χ0) is 9.14. The Balaban J connectivity index is 2.52. The molecular formula is C8H14N2OS. The molecule has 3 nitrogen and oxygen atoms in total. The highest BCUT2D eigenvalue weighted by molar-refractivity contribution is 7.17. The van der Waals surface area contributed by atoms with Crippen LogP contribution in [0.15, 0.2) is 6.20 Å². The minimum Gasteiger partial charge on any atom is -0.467 e. The van der Waals surface area contributed by atoms with Gasteiger partial charge in [0.25, 0.3) is 5.19 Å². The van der Waals surface area contributed by atoms with E-state index in [0.29, 0.717) is 16.1 Å². The predicted octanol–water partition coefficient (Wildman–Crippen LogP) is 2.15. The number of aromatic nitrogens is 1. The van der Waals surface area contributed by atoms with Gasteiger partial charge in [-0.3, -0.25) is 0 Å². The van der Waals surface area contributed by atoms with Gasteiger partial charge in [0.05, 0.1) is 6.20 Å². The minimum absolute atomic E-state index is 0.190. The average molecular weight is 186 g/mol. The largest absolute Gasteiger partial charge is 0.467 e. The summed E-state index contributed by atoms with van der Waals surface area (Å²) in [6, 6.07) is 0. The van der Waals surface area contributed by atoms with Gasteiger partial charge < -0.3 is 10.5 Å². The van der Waals surface area contributed by atoms with Crippen molar-refractivity contribution in [3.05, 3.63) is 6.20 Å². The van der Waals surface area contributed by atoms with Crippen LogP contribution in [0.3, 0.4) is 0 Å². The van der Waals surface area contributed by atoms with Gasteiger partial charge in [-0.05, 0) is 12.8 Å². The first-order valence-corrected chi connectivity index (χ1v) is 4.79. The molecule has 0 radical (unpaired) electrons. The van der Waals surface area contributed by atoms with E-state index in [2.05, 4.69) is 18.8 Å². The van der Waals surface area contributed by atoms with E-state index in [1.165, 1.54) is 11.3 Å². The molecule has 0 spiro atoms. The summed E-state index contributed by atoms with van der Waals surface area (Å²) in [6.07, 6.45) is 1.81. The third-order valence-electron chi connectivity index (χ3n) is 1.73. The molecule has 0 aliphatic rings. The smallest absolute Gasteiger partial charge is 0.275 e. The van der Waals surface area contributed by atoms with E-state index in [-0.39, 0.29) is 6.10 Å². The monoisotopic (exact) mass is 186 g/mol. The summed E-state index contributed by atoms with van der Waals surface area (Å²) in [4.78, 5) is 4.01. The lowest BCUT2D eigenvalue weighted by Gasteiger charge is -2.15. The van der Waals surface area contributed by atoms with Crippen LogP contribution in [-0.4, -0.2) is 11.1 Å². The van der Waals surface area contributed by atoms with Gasteiger partial charge in [-0.1, -0.05) is 25.2 Å². The molecule has 12 heavy (non-hydrogen) atoms. The van der Waals surface area contributed by atoms with Crippen LogP contribution in [0.1, 0.15) is 20.8 Å². The van der Waals surface area contributed by atoms with E-state index in [4.69, 9.17) is 10.5 Å². The fourth-order valence-electron chi connectivity index (χ4n) is 0.619. The van der Waals surface area contributed by atoms with Crippen LogP contribution in [0.4, 0.5) is 5.00 Å². The van der Waals surface area contributed by atoms with Gasteiger partial charge in [0, 0.05) is 0 Å². The zero-order valence-electron chi connectivity index (χ0n) is 7.57. The van der Waals surface area contributed by atoms with Crippen molar-refractivity contribution in [1.29, 1.82) is 0 Å². The molecule has 0 fully saturated rings. The van der Waals surface area contributed by atoms with Crippen molar-refractivity contribution in [3.8, 4) is 5.19 Å². The molecule has 1 unspecified atom stereocenters. The number of nitrogens with two attached hydrogens (primary N) is 1. The molecule has 4 heteroatoms. The first-order valence-electron chi connectivity index (χ1n) is 3.97. The van der Waals surface area contributed by atoms with Gasteiger partial charge >= 0.3 is 0 Å². The van der Waals surface area contributed by atoms with Gasteiger partial charge in [0.2, 0.25) is 0 Å². The Bertz CT molecular complexity index is 247. The minimum atomic E-state index is 0.190. The number of thiazole rings is 1. The van der Waals surface area contributed by atoms with Crippen LogP contribution >= 0.6 is 11.3 Å². The van der Waals surface area contributed by atoms with Gasteiger partial charge in [0.1, 0.15) is 11.1 Å². The maximum absolute atomic E-state index is 5.52. The second-order valence-corrected chi connectivity index (χ2v) is 4.12. The van der Waals surface area contributed by atoms with E-state index in [9.17, 15) is 0 Å². The standard InChI is InChI=1S/C8H14N2OS/c1-5(2)6(3)11-8-10-4-7(9)12-8/h4-6H,9H2,1-3H3. The van der Waals surface area contributed by atoms with Crippen molar-refractivity contribution < 1.29 is 4.74 Å². The van der Waals surface area contributed by atoms with Crippen molar-refractivity contribution >= 4 is 16.3 Å². The summed E-state index contributed by atoms with van der Waals surface area (Å²) in [5, 5.41) is 1.36. The molecule has 0 saturated heterocycles. The SMILES string of the molecule is CC(C)C(C)Oc1ncc(N)s1. The van der Waals surface area contributed by atoms with Crippen molar-refractivity contribution in [2.45, 2.75) is 26.9 Å². The summed E-state index contributed by atoms with van der Waals surface area (Å²) in [5.41, 5.74) is 5.51. The molecule has 1 rings (SSSR count). The molecule has 1 aromatic heterocycles. The number of hydrogen-bond donors (Lipinski definition) is 1. The van der Waals surface area contributed by atoms with Crippen LogP contribution in [0.25, 0.3) is 0 Å². The topological polar surface area (TPSA) is 48.1 Å². The van der Waals surface area contributed by atoms with E-state index in [1.54, 1.807) is 6.20 Å². The lowest BCUT2D eigenvalue weighted by Crippen LogP contribution is -2.18. The summed E-state index contributed by atoms with van der Waals surface area (Å²) < 4.78 is 5.52. The number of rotatable bonds is 3. The molecule has 68 valence electrons. The molecule has 0 aliphatic heterocycles. The fraction of sp³-hybridized carbons (Fsp3) is 0.625. The predicted molar refractivity (Wildman–Crippen MR) is 51.5 cm³/mol. The molecule has 0 aliphatic carbocycles. The number of nitrogens with zero attached hydrogens (tertiary/aromatic N) is 1. The third-order valence-corrected chi connectivity index (χ3v) is 2.45. The van der Waals surface area contributed by atoms with Gasteiger partial charge in [-0.25, -0.2) is 4.98 Å². The number of anilines is 1. The van der Waals surface area contributed by atoms with Crippen molar-refractivity contribution in [2.75, 3.05) is 5.73 Å². The lowest BCUT2D eigenvalue weighted by molar-refractivity contribution is 0.170. The molecule has 2 N–H and O–H groups in total. The summed E-state index contributed by atoms with van der Waals surface area (Å²) in [6.45, 7) is 6.26. The quantitative estimate of drug-likeness (QED) is 0.786. The van der Waals surface area contributed by atoms with Crippen LogP contribution in [0, 0.1) is 5.92 Å². The maximum Gasteiger partial charge on any atom is 0.275 e. The van der Waals surface area contributed by atoms with Gasteiger partial charge in [-0.15, -0.1) is 0 Å². The first kappa shape index (κ1) is 9.32. The summed E-state index contributed by atoms with van der Waals surface area (Å²) in [7, 11) is 0. The number of nitrogen functional groups attached to an aromatic ring is 1. The molecule has 0 bridgehead atoms. The Morgan fingerprint density at radius 3 is 2.58 bits per heavy atom. The lowest BCUT2D eigenvalue weighted by atomic mass is 10.1. The number of ether oxygens (including phenoxy) is 1. The van der Waals surface area contributed by atoms with Crippen LogP contribution in [-0.2, 0) is 0 Å². The molecule has 0 aromatic carbocycles. The highest BCUT2D eigenvalue weighted by Gasteiger charge is 2.10. The van der Waals surface area contributed by atoms with Crippen molar-refractivity contribution in [1.82, 2.24) is 4.98 Å². The third kappa shape index (κ3) is 2.37. The zero-order valence-corrected chi connectivity index (χ0v) is 8.39. The second-order valence-electron chi connectivity index (χ2n) is 3.10. The fourth-order valence-corrected chi connectivity index (χ4v) is 1.23. The molecule has 0 amide bonds. The highest BCUT2D eigenvalue weighted by atomic mass is 32.1. The Morgan fingerprint density at radius 1 is 1.50 bits per heavy atom. The summed E-state index contributed by atoms with van der Waals surface area (Å²) >= 11 is 1.38. The molecule has 1 aromatic rings. The molecular weight excluding hydrogens is 172 g/mol. The average Bonchev–Trinajstić information content (AvgIpc) is 2.35. The Kier molecular flexibility index (Phi) is 2.92. The molecule has 1 atom stereocenters. The van der Waals surface area contributed by atoms with Crippen LogP contribution in [0.2, 0.25) is 0 Å². The Hall–Kier alpha value is -0.770. The maximum atomic E-state index is 5.52. The second kappa shape index (κ2) is 3.76. The summed E-state index contributed by atoms with van der Waals surface area (Å²) in [5.74, 6) is 0.495. The van der Waals surface area contributed by atoms with Gasteiger partial charge in [0.15, 0.2) is 0 Å². The Labute approximate surface area is 76.6 Å². The van der Waals surface area contributed by atoms with E-state index in [1.807, 2.05) is 6.92 Å². The molecule has 1 heterocycles. The first-order chi connectivity index (χ1) is 5.59. The Morgan fingerprint density at radius 2 is 2.17 bits per heavy atom. The van der Waals surface area contributed by atoms with E-state index < -0.39 is 0 Å². The normalized spacial score (nSPS) is 13.3. The number of hydrogen-bond acceptors (Lipinski definition) is 4. The van der Waals surface area contributed by atoms with Crippen LogP contribution in [0.5, 0.6) is 5.19 Å². The van der Waals surface area contributed by atoms with Crippen molar-refractivity contribution in [3.63, 3.8) is 0 Å².